The van der Waals surface area contributed by atoms with Crippen LogP contribution in [-0.2, 0) is 5.41 Å². The Bertz CT molecular complexity index is 1570. The zero-order chi connectivity index (χ0) is 24.5. The molecule has 0 radical (unpaired) electrons. The fourth-order valence-electron chi connectivity index (χ4n) is 5.35. The average Bonchev–Trinajstić information content (AvgIpc) is 3.14. The van der Waals surface area contributed by atoms with Crippen LogP contribution >= 0.6 is 46.4 Å². The molecule has 35 heavy (non-hydrogen) atoms. The van der Waals surface area contributed by atoms with Crippen LogP contribution in [0.1, 0.15) is 22.3 Å². The Morgan fingerprint density at radius 2 is 0.943 bits per heavy atom. The summed E-state index contributed by atoms with van der Waals surface area (Å²) in [6.07, 6.45) is 0. The molecule has 6 heteroatoms. The summed E-state index contributed by atoms with van der Waals surface area (Å²) in [5, 5.41) is 3.79. The lowest BCUT2D eigenvalue weighted by Gasteiger charge is -2.35. The van der Waals surface area contributed by atoms with Crippen molar-refractivity contribution in [2.24, 2.45) is 0 Å². The minimum Gasteiger partial charge on any atom is -0.396 e. The first kappa shape index (κ1) is 22.6. The Morgan fingerprint density at radius 3 is 1.49 bits per heavy atom. The van der Waals surface area contributed by atoms with Crippen molar-refractivity contribution >= 4 is 68.6 Å². The van der Waals surface area contributed by atoms with Crippen molar-refractivity contribution in [1.29, 1.82) is 0 Å². The zero-order valence-corrected chi connectivity index (χ0v) is 21.3. The van der Waals surface area contributed by atoms with Crippen molar-refractivity contribution in [2.75, 3.05) is 11.5 Å². The summed E-state index contributed by atoms with van der Waals surface area (Å²) in [4.78, 5) is 0. The topological polar surface area (TPSA) is 52.0 Å². The Morgan fingerprint density at radius 1 is 0.486 bits per heavy atom. The zero-order valence-electron chi connectivity index (χ0n) is 18.2. The molecule has 0 aliphatic heterocycles. The molecule has 1 aliphatic rings. The van der Waals surface area contributed by atoms with Crippen LogP contribution in [-0.4, -0.2) is 0 Å². The average molecular weight is 536 g/mol. The molecule has 5 aromatic carbocycles. The van der Waals surface area contributed by atoms with E-state index in [1.807, 2.05) is 48.5 Å². The maximum Gasteiger partial charge on any atom is 0.0715 e. The van der Waals surface area contributed by atoms with Crippen molar-refractivity contribution in [3.05, 3.63) is 127 Å². The summed E-state index contributed by atoms with van der Waals surface area (Å²) in [6.45, 7) is 0. The SMILES string of the molecule is Nc1c(Cl)cc(C2(c3cc(Cl)c(N)c(Cl)c3)c3ccccc3-c3cc4ccccc4cc32)cc1Cl. The van der Waals surface area contributed by atoms with Gasteiger partial charge in [0.25, 0.3) is 0 Å². The fraction of sp³-hybridized carbons (Fsp3) is 0.0345. The quantitative estimate of drug-likeness (QED) is 0.217. The van der Waals surface area contributed by atoms with Gasteiger partial charge in [-0.2, -0.15) is 0 Å². The molecule has 0 amide bonds. The first-order chi connectivity index (χ1) is 16.8. The van der Waals surface area contributed by atoms with Crippen LogP contribution in [0.4, 0.5) is 11.4 Å². The van der Waals surface area contributed by atoms with E-state index in [1.165, 1.54) is 0 Å². The van der Waals surface area contributed by atoms with Gasteiger partial charge >= 0.3 is 0 Å². The Labute approximate surface area is 223 Å². The van der Waals surface area contributed by atoms with Crippen LogP contribution in [0.25, 0.3) is 21.9 Å². The van der Waals surface area contributed by atoms with E-state index in [4.69, 9.17) is 57.9 Å². The molecule has 0 aromatic heterocycles. The van der Waals surface area contributed by atoms with E-state index in [9.17, 15) is 0 Å². The largest absolute Gasteiger partial charge is 0.396 e. The second kappa shape index (κ2) is 8.08. The molecule has 0 saturated heterocycles. The third-order valence-corrected chi connectivity index (χ3v) is 8.19. The van der Waals surface area contributed by atoms with Crippen LogP contribution in [0.5, 0.6) is 0 Å². The van der Waals surface area contributed by atoms with Gasteiger partial charge in [0.1, 0.15) is 0 Å². The Kier molecular flexibility index (Phi) is 5.21. The second-order valence-corrected chi connectivity index (χ2v) is 10.4. The van der Waals surface area contributed by atoms with Crippen molar-refractivity contribution < 1.29 is 0 Å². The molecular formula is C29H18Cl4N2. The highest BCUT2D eigenvalue weighted by Gasteiger charge is 2.47. The van der Waals surface area contributed by atoms with Crippen LogP contribution in [0.15, 0.2) is 84.9 Å². The Balaban J connectivity index is 1.85. The molecule has 1 aliphatic carbocycles. The van der Waals surface area contributed by atoms with Gasteiger partial charge in [-0.25, -0.2) is 0 Å². The van der Waals surface area contributed by atoms with Crippen molar-refractivity contribution in [3.8, 4) is 11.1 Å². The molecule has 0 fully saturated rings. The first-order valence-electron chi connectivity index (χ1n) is 11.0. The van der Waals surface area contributed by atoms with Gasteiger partial charge in [0.2, 0.25) is 0 Å². The summed E-state index contributed by atoms with van der Waals surface area (Å²) in [6, 6.07) is 28.6. The highest BCUT2D eigenvalue weighted by Crippen LogP contribution is 2.58. The van der Waals surface area contributed by atoms with E-state index in [2.05, 4.69) is 36.4 Å². The number of halogens is 4. The van der Waals surface area contributed by atoms with Gasteiger partial charge in [0.05, 0.1) is 36.9 Å². The number of hydrogen-bond donors (Lipinski definition) is 2. The van der Waals surface area contributed by atoms with E-state index in [0.29, 0.717) is 31.5 Å². The van der Waals surface area contributed by atoms with Crippen LogP contribution in [0, 0.1) is 0 Å². The molecule has 5 aromatic rings. The van der Waals surface area contributed by atoms with E-state index in [1.54, 1.807) is 0 Å². The number of hydrogen-bond acceptors (Lipinski definition) is 2. The van der Waals surface area contributed by atoms with Crippen LogP contribution in [0.3, 0.4) is 0 Å². The van der Waals surface area contributed by atoms with Crippen molar-refractivity contribution in [3.63, 3.8) is 0 Å². The standard InChI is InChI=1S/C29H18Cl4N2/c30-23-11-17(12-24(31)27(23)34)29(18-13-25(32)28(35)26(33)14-18)21-8-4-3-7-19(21)20-9-15-5-1-2-6-16(15)10-22(20)29/h1-14H,34-35H2. The number of benzene rings is 5. The van der Waals surface area contributed by atoms with Gasteiger partial charge in [0.15, 0.2) is 0 Å². The second-order valence-electron chi connectivity index (χ2n) is 8.75. The summed E-state index contributed by atoms with van der Waals surface area (Å²) in [5.41, 5.74) is 18.2. The molecule has 0 unspecified atom stereocenters. The maximum absolute atomic E-state index is 6.60. The van der Waals surface area contributed by atoms with Gasteiger partial charge < -0.3 is 11.5 Å². The van der Waals surface area contributed by atoms with Gasteiger partial charge in [-0.3, -0.25) is 0 Å². The third kappa shape index (κ3) is 3.18. The number of nitrogen functional groups attached to an aromatic ring is 2. The van der Waals surface area contributed by atoms with Gasteiger partial charge in [-0.1, -0.05) is 94.9 Å². The smallest absolute Gasteiger partial charge is 0.0715 e. The summed E-state index contributed by atoms with van der Waals surface area (Å²) >= 11 is 26.4. The van der Waals surface area contributed by atoms with Gasteiger partial charge in [-0.05, 0) is 80.6 Å². The summed E-state index contributed by atoms with van der Waals surface area (Å²) in [5.74, 6) is 0. The normalized spacial score (nSPS) is 13.6. The predicted octanol–water partition coefficient (Wildman–Crippen LogP) is 8.98. The van der Waals surface area contributed by atoms with Crippen LogP contribution in [0.2, 0.25) is 20.1 Å². The van der Waals surface area contributed by atoms with Crippen molar-refractivity contribution in [1.82, 2.24) is 0 Å². The fourth-order valence-corrected chi connectivity index (χ4v) is 6.33. The molecule has 0 spiro atoms. The van der Waals surface area contributed by atoms with Crippen molar-refractivity contribution in [2.45, 2.75) is 5.41 Å². The van der Waals surface area contributed by atoms with Gasteiger partial charge in [0, 0.05) is 0 Å². The summed E-state index contributed by atoms with van der Waals surface area (Å²) < 4.78 is 0. The lowest BCUT2D eigenvalue weighted by atomic mass is 9.67. The minimum atomic E-state index is -0.808. The highest BCUT2D eigenvalue weighted by atomic mass is 35.5. The molecule has 0 atom stereocenters. The molecule has 0 heterocycles. The predicted molar refractivity (Wildman–Crippen MR) is 150 cm³/mol. The third-order valence-electron chi connectivity index (χ3n) is 6.94. The van der Waals surface area contributed by atoms with E-state index in [-0.39, 0.29) is 0 Å². The molecule has 6 rings (SSSR count). The maximum atomic E-state index is 6.60. The molecule has 0 bridgehead atoms. The van der Waals surface area contributed by atoms with Gasteiger partial charge in [-0.15, -0.1) is 0 Å². The number of rotatable bonds is 2. The van der Waals surface area contributed by atoms with E-state index >= 15 is 0 Å². The minimum absolute atomic E-state index is 0.339. The number of nitrogens with two attached hydrogens (primary N) is 2. The highest BCUT2D eigenvalue weighted by molar-refractivity contribution is 6.39. The first-order valence-corrected chi connectivity index (χ1v) is 12.5. The Hall–Kier alpha value is -2.88. The number of fused-ring (bicyclic) bond motifs is 4. The molecular weight excluding hydrogens is 518 g/mol. The molecule has 0 saturated carbocycles. The number of anilines is 2. The monoisotopic (exact) mass is 534 g/mol. The van der Waals surface area contributed by atoms with E-state index < -0.39 is 5.41 Å². The molecule has 172 valence electrons. The lowest BCUT2D eigenvalue weighted by molar-refractivity contribution is 0.770. The lowest BCUT2D eigenvalue weighted by Crippen LogP contribution is -2.29. The summed E-state index contributed by atoms with van der Waals surface area (Å²) in [7, 11) is 0. The van der Waals surface area contributed by atoms with E-state index in [0.717, 1.165) is 44.2 Å². The molecule has 2 nitrogen and oxygen atoms in total. The molecule has 4 N–H and O–H groups in total. The van der Waals surface area contributed by atoms with Crippen LogP contribution < -0.4 is 11.5 Å².